The lowest BCUT2D eigenvalue weighted by Crippen LogP contribution is -2.48. The van der Waals surface area contributed by atoms with E-state index in [1.165, 1.54) is 4.90 Å². The second-order valence-corrected chi connectivity index (χ2v) is 7.50. The number of carbonyl (C=O) groups is 3. The van der Waals surface area contributed by atoms with Gasteiger partial charge in [0.25, 0.3) is 0 Å². The Morgan fingerprint density at radius 2 is 1.93 bits per heavy atom. The van der Waals surface area contributed by atoms with Gasteiger partial charge >= 0.3 is 18.2 Å². The quantitative estimate of drug-likeness (QED) is 0.816. The molecule has 2 amide bonds. The Labute approximate surface area is 158 Å². The number of nitrogens with one attached hydrogen (secondary N) is 1. The number of hydrogen-bond acceptors (Lipinski definition) is 5. The lowest BCUT2D eigenvalue weighted by atomic mass is 9.99. The molecule has 1 aliphatic rings. The average Bonchev–Trinajstić information content (AvgIpc) is 3.06. The van der Waals surface area contributed by atoms with E-state index in [0.717, 1.165) is 5.56 Å². The minimum Gasteiger partial charge on any atom is -0.480 e. The van der Waals surface area contributed by atoms with E-state index in [-0.39, 0.29) is 13.2 Å². The van der Waals surface area contributed by atoms with Gasteiger partial charge in [0.05, 0.1) is 0 Å². The summed E-state index contributed by atoms with van der Waals surface area (Å²) in [7, 11) is 0. The number of ether oxygens (including phenoxy) is 2. The number of likely N-dealkylation sites (tertiary alicyclic amines) is 1. The Hall–Kier alpha value is -2.77. The van der Waals surface area contributed by atoms with Crippen molar-refractivity contribution in [1.82, 2.24) is 10.2 Å². The van der Waals surface area contributed by atoms with Gasteiger partial charge in [0.15, 0.2) is 0 Å². The molecule has 2 unspecified atom stereocenters. The van der Waals surface area contributed by atoms with Crippen LogP contribution in [0.4, 0.5) is 9.59 Å². The van der Waals surface area contributed by atoms with Crippen LogP contribution in [0.15, 0.2) is 30.3 Å². The third-order valence-corrected chi connectivity index (χ3v) is 4.10. The van der Waals surface area contributed by atoms with Gasteiger partial charge in [-0.2, -0.15) is 0 Å². The monoisotopic (exact) mass is 378 g/mol. The van der Waals surface area contributed by atoms with Crippen molar-refractivity contribution in [1.29, 1.82) is 0 Å². The molecule has 8 nitrogen and oxygen atoms in total. The fourth-order valence-electron chi connectivity index (χ4n) is 2.85. The topological polar surface area (TPSA) is 105 Å². The van der Waals surface area contributed by atoms with E-state index in [2.05, 4.69) is 5.32 Å². The molecule has 0 saturated carbocycles. The molecule has 1 saturated heterocycles. The highest BCUT2D eigenvalue weighted by Crippen LogP contribution is 2.22. The van der Waals surface area contributed by atoms with E-state index in [1.54, 1.807) is 20.8 Å². The van der Waals surface area contributed by atoms with Crippen molar-refractivity contribution in [2.24, 2.45) is 5.92 Å². The van der Waals surface area contributed by atoms with Gasteiger partial charge < -0.3 is 24.8 Å². The number of benzene rings is 1. The molecular weight excluding hydrogens is 352 g/mol. The SMILES string of the molecule is CC(C)(C)OC(=O)NC(C(=O)O)C1CCN(C(=O)OCc2ccccc2)C1. The molecule has 1 aromatic rings. The predicted molar refractivity (Wildman–Crippen MR) is 97.1 cm³/mol. The second kappa shape index (κ2) is 8.75. The first-order chi connectivity index (χ1) is 12.7. The maximum atomic E-state index is 12.2. The smallest absolute Gasteiger partial charge is 0.410 e. The van der Waals surface area contributed by atoms with Gasteiger partial charge in [-0.05, 0) is 32.8 Å². The maximum Gasteiger partial charge on any atom is 0.410 e. The zero-order valence-electron chi connectivity index (χ0n) is 15.8. The summed E-state index contributed by atoms with van der Waals surface area (Å²) in [5, 5.41) is 11.8. The molecule has 1 heterocycles. The minimum absolute atomic E-state index is 0.152. The second-order valence-electron chi connectivity index (χ2n) is 7.50. The number of carboxylic acids is 1. The number of amides is 2. The molecular formula is C19H26N2O6. The van der Waals surface area contributed by atoms with Gasteiger partial charge in [-0.25, -0.2) is 14.4 Å². The van der Waals surface area contributed by atoms with E-state index < -0.39 is 35.7 Å². The van der Waals surface area contributed by atoms with Crippen LogP contribution in [-0.2, 0) is 20.9 Å². The summed E-state index contributed by atoms with van der Waals surface area (Å²) < 4.78 is 10.4. The van der Waals surface area contributed by atoms with Crippen molar-refractivity contribution in [2.45, 2.75) is 45.4 Å². The number of carboxylic acid groups (broad SMARTS) is 1. The van der Waals surface area contributed by atoms with Gasteiger partial charge in [0.1, 0.15) is 18.2 Å². The van der Waals surface area contributed by atoms with Gasteiger partial charge in [-0.1, -0.05) is 30.3 Å². The fourth-order valence-corrected chi connectivity index (χ4v) is 2.85. The van der Waals surface area contributed by atoms with Crippen molar-refractivity contribution >= 4 is 18.2 Å². The molecule has 1 aliphatic heterocycles. The Morgan fingerprint density at radius 3 is 2.52 bits per heavy atom. The Kier molecular flexibility index (Phi) is 6.65. The van der Waals surface area contributed by atoms with Gasteiger partial charge in [0, 0.05) is 19.0 Å². The van der Waals surface area contributed by atoms with Crippen LogP contribution >= 0.6 is 0 Å². The molecule has 1 aromatic carbocycles. The number of hydrogen-bond donors (Lipinski definition) is 2. The molecule has 0 bridgehead atoms. The summed E-state index contributed by atoms with van der Waals surface area (Å²) in [6.07, 6.45) is -0.838. The third-order valence-electron chi connectivity index (χ3n) is 4.10. The molecule has 0 aliphatic carbocycles. The summed E-state index contributed by atoms with van der Waals surface area (Å²) in [5.74, 6) is -1.58. The van der Waals surface area contributed by atoms with Crippen molar-refractivity contribution < 1.29 is 29.0 Å². The molecule has 0 aromatic heterocycles. The summed E-state index contributed by atoms with van der Waals surface area (Å²) in [4.78, 5) is 37.1. The van der Waals surface area contributed by atoms with Crippen LogP contribution in [0.1, 0.15) is 32.8 Å². The number of rotatable bonds is 5. The summed E-state index contributed by atoms with van der Waals surface area (Å²) in [6.45, 7) is 5.81. The van der Waals surface area contributed by atoms with Crippen LogP contribution in [-0.4, -0.2) is 52.9 Å². The minimum atomic E-state index is -1.16. The van der Waals surface area contributed by atoms with E-state index in [1.807, 2.05) is 30.3 Å². The van der Waals surface area contributed by atoms with E-state index >= 15 is 0 Å². The molecule has 1 fully saturated rings. The van der Waals surface area contributed by atoms with E-state index in [4.69, 9.17) is 9.47 Å². The first kappa shape index (κ1) is 20.5. The van der Waals surface area contributed by atoms with Crippen LogP contribution in [0, 0.1) is 5.92 Å². The molecule has 27 heavy (non-hydrogen) atoms. The number of alkyl carbamates (subject to hydrolysis) is 1. The van der Waals surface area contributed by atoms with Gasteiger partial charge in [-0.15, -0.1) is 0 Å². The molecule has 0 radical (unpaired) electrons. The zero-order valence-corrected chi connectivity index (χ0v) is 15.8. The lowest BCUT2D eigenvalue weighted by Gasteiger charge is -2.24. The predicted octanol–water partition coefficient (Wildman–Crippen LogP) is 2.62. The molecule has 2 rings (SSSR count). The number of carbonyl (C=O) groups excluding carboxylic acids is 2. The fraction of sp³-hybridized carbons (Fsp3) is 0.526. The molecule has 148 valence electrons. The maximum absolute atomic E-state index is 12.2. The zero-order chi connectivity index (χ0) is 20.0. The first-order valence-electron chi connectivity index (χ1n) is 8.83. The molecule has 2 N–H and O–H groups in total. The van der Waals surface area contributed by atoms with Crippen LogP contribution < -0.4 is 5.32 Å². The van der Waals surface area contributed by atoms with E-state index in [9.17, 15) is 19.5 Å². The number of aliphatic carboxylic acids is 1. The molecule has 8 heteroatoms. The number of nitrogens with zero attached hydrogens (tertiary/aromatic N) is 1. The Morgan fingerprint density at radius 1 is 1.26 bits per heavy atom. The largest absolute Gasteiger partial charge is 0.480 e. The van der Waals surface area contributed by atoms with Crippen molar-refractivity contribution in [2.75, 3.05) is 13.1 Å². The third kappa shape index (κ3) is 6.47. The Bertz CT molecular complexity index is 671. The lowest BCUT2D eigenvalue weighted by molar-refractivity contribution is -0.140. The van der Waals surface area contributed by atoms with Crippen LogP contribution in [0.3, 0.4) is 0 Å². The van der Waals surface area contributed by atoms with Crippen LogP contribution in [0.2, 0.25) is 0 Å². The Balaban J connectivity index is 1.88. The van der Waals surface area contributed by atoms with Gasteiger partial charge in [-0.3, -0.25) is 0 Å². The highest BCUT2D eigenvalue weighted by atomic mass is 16.6. The summed E-state index contributed by atoms with van der Waals surface area (Å²) >= 11 is 0. The standard InChI is InChI=1S/C19H26N2O6/c1-19(2,3)27-17(24)20-15(16(22)23)14-9-10-21(11-14)18(25)26-12-13-7-5-4-6-8-13/h4-8,14-15H,9-12H2,1-3H3,(H,20,24)(H,22,23). The average molecular weight is 378 g/mol. The van der Waals surface area contributed by atoms with Crippen LogP contribution in [0.25, 0.3) is 0 Å². The van der Waals surface area contributed by atoms with Crippen molar-refractivity contribution in [3.8, 4) is 0 Å². The van der Waals surface area contributed by atoms with Gasteiger partial charge in [0.2, 0.25) is 0 Å². The van der Waals surface area contributed by atoms with Crippen molar-refractivity contribution in [3.63, 3.8) is 0 Å². The normalized spacial score (nSPS) is 17.9. The highest BCUT2D eigenvalue weighted by Gasteiger charge is 2.38. The van der Waals surface area contributed by atoms with Crippen LogP contribution in [0.5, 0.6) is 0 Å². The molecule has 0 spiro atoms. The van der Waals surface area contributed by atoms with Crippen molar-refractivity contribution in [3.05, 3.63) is 35.9 Å². The first-order valence-corrected chi connectivity index (χ1v) is 8.83. The summed E-state index contributed by atoms with van der Waals surface area (Å²) in [5.41, 5.74) is 0.146. The highest BCUT2D eigenvalue weighted by molar-refractivity contribution is 5.80. The molecule has 2 atom stereocenters. The summed E-state index contributed by atoms with van der Waals surface area (Å²) in [6, 6.07) is 8.16. The van der Waals surface area contributed by atoms with E-state index in [0.29, 0.717) is 13.0 Å².